The van der Waals surface area contributed by atoms with Gasteiger partial charge in [0.05, 0.1) is 18.8 Å². The van der Waals surface area contributed by atoms with Crippen LogP contribution in [0.4, 0.5) is 0 Å². The van der Waals surface area contributed by atoms with E-state index in [1.165, 1.54) is 5.56 Å². The van der Waals surface area contributed by atoms with E-state index in [-0.39, 0.29) is 0 Å². The number of benzene rings is 1. The summed E-state index contributed by atoms with van der Waals surface area (Å²) in [6.45, 7) is 2.77. The van der Waals surface area contributed by atoms with Crippen LogP contribution in [-0.2, 0) is 0 Å². The summed E-state index contributed by atoms with van der Waals surface area (Å²) in [7, 11) is 0. The molecule has 0 radical (unpaired) electrons. The summed E-state index contributed by atoms with van der Waals surface area (Å²) in [5, 5.41) is 19.2. The zero-order valence-corrected chi connectivity index (χ0v) is 10.3. The molecule has 1 saturated heterocycles. The van der Waals surface area contributed by atoms with Crippen LogP contribution in [0.5, 0.6) is 5.75 Å². The van der Waals surface area contributed by atoms with Crippen LogP contribution in [0, 0.1) is 0 Å². The monoisotopic (exact) mass is 249 g/mol. The first kappa shape index (κ1) is 12.0. The highest BCUT2D eigenvalue weighted by atomic mass is 16.5. The van der Waals surface area contributed by atoms with Crippen LogP contribution < -0.4 is 4.74 Å². The number of β-amino-alcohol motifs (C(OH)–C–C–N with tert-alkyl or cyclic N) is 2. The number of ether oxygens (including phenoxy) is 1. The van der Waals surface area contributed by atoms with Gasteiger partial charge in [-0.25, -0.2) is 0 Å². The summed E-state index contributed by atoms with van der Waals surface area (Å²) in [5.74, 6) is 1.42. The fourth-order valence-corrected chi connectivity index (χ4v) is 2.91. The second kappa shape index (κ2) is 4.88. The average Bonchev–Trinajstić information content (AvgIpc) is 2.69. The topological polar surface area (TPSA) is 52.9 Å². The number of aliphatic hydroxyl groups is 2. The molecule has 3 rings (SSSR count). The zero-order valence-electron chi connectivity index (χ0n) is 10.3. The highest BCUT2D eigenvalue weighted by molar-refractivity contribution is 5.38. The third-order valence-electron chi connectivity index (χ3n) is 3.90. The Balaban J connectivity index is 1.71. The smallest absolute Gasteiger partial charge is 0.122 e. The number of nitrogens with zero attached hydrogens (tertiary/aromatic N) is 1. The summed E-state index contributed by atoms with van der Waals surface area (Å²) in [4.78, 5) is 2.14. The van der Waals surface area contributed by atoms with Crippen molar-refractivity contribution in [1.82, 2.24) is 4.90 Å². The van der Waals surface area contributed by atoms with E-state index in [9.17, 15) is 10.2 Å². The maximum absolute atomic E-state index is 9.58. The van der Waals surface area contributed by atoms with E-state index < -0.39 is 12.2 Å². The van der Waals surface area contributed by atoms with Crippen molar-refractivity contribution in [2.24, 2.45) is 0 Å². The van der Waals surface area contributed by atoms with Crippen molar-refractivity contribution in [3.63, 3.8) is 0 Å². The van der Waals surface area contributed by atoms with E-state index in [0.29, 0.717) is 19.0 Å². The molecule has 2 N–H and O–H groups in total. The van der Waals surface area contributed by atoms with Gasteiger partial charge in [0.2, 0.25) is 0 Å². The molecule has 2 aliphatic heterocycles. The van der Waals surface area contributed by atoms with Crippen molar-refractivity contribution in [1.29, 1.82) is 0 Å². The van der Waals surface area contributed by atoms with Gasteiger partial charge >= 0.3 is 0 Å². The molecule has 4 nitrogen and oxygen atoms in total. The van der Waals surface area contributed by atoms with Crippen LogP contribution in [0.3, 0.4) is 0 Å². The lowest BCUT2D eigenvalue weighted by Crippen LogP contribution is -2.30. The quantitative estimate of drug-likeness (QED) is 0.805. The number of para-hydroxylation sites is 1. The second-order valence-corrected chi connectivity index (χ2v) is 5.23. The first-order valence-corrected chi connectivity index (χ1v) is 6.54. The lowest BCUT2D eigenvalue weighted by molar-refractivity contribution is 0.0572. The number of aliphatic hydroxyl groups excluding tert-OH is 2. The van der Waals surface area contributed by atoms with Gasteiger partial charge < -0.3 is 14.9 Å². The molecule has 2 heterocycles. The lowest BCUT2D eigenvalue weighted by Gasteiger charge is -2.29. The second-order valence-electron chi connectivity index (χ2n) is 5.23. The number of hydrogen-bond acceptors (Lipinski definition) is 4. The molecule has 0 spiro atoms. The third-order valence-corrected chi connectivity index (χ3v) is 3.90. The molecule has 2 aliphatic rings. The summed E-state index contributed by atoms with van der Waals surface area (Å²) in [5.41, 5.74) is 1.25. The molecule has 4 heteroatoms. The Bertz CT molecular complexity index is 413. The van der Waals surface area contributed by atoms with Crippen LogP contribution in [0.1, 0.15) is 17.9 Å². The molecule has 0 bridgehead atoms. The Morgan fingerprint density at radius 3 is 2.67 bits per heavy atom. The SMILES string of the molecule is O[C@@H]1CN(CC2CCOc3ccccc32)C[C@@H]1O. The van der Waals surface area contributed by atoms with Gasteiger partial charge in [-0.05, 0) is 18.1 Å². The Morgan fingerprint density at radius 2 is 1.89 bits per heavy atom. The van der Waals surface area contributed by atoms with Crippen molar-refractivity contribution in [3.05, 3.63) is 29.8 Å². The van der Waals surface area contributed by atoms with E-state index in [0.717, 1.165) is 25.3 Å². The molecule has 0 aliphatic carbocycles. The zero-order chi connectivity index (χ0) is 12.5. The number of hydrogen-bond donors (Lipinski definition) is 2. The molecule has 3 atom stereocenters. The third kappa shape index (κ3) is 2.23. The fraction of sp³-hybridized carbons (Fsp3) is 0.571. The Morgan fingerprint density at radius 1 is 1.17 bits per heavy atom. The average molecular weight is 249 g/mol. The molecule has 1 aromatic carbocycles. The molecule has 1 fully saturated rings. The van der Waals surface area contributed by atoms with E-state index in [4.69, 9.17) is 4.74 Å². The van der Waals surface area contributed by atoms with Crippen molar-refractivity contribution in [2.45, 2.75) is 24.5 Å². The molecular weight excluding hydrogens is 230 g/mol. The van der Waals surface area contributed by atoms with E-state index in [1.807, 2.05) is 18.2 Å². The molecule has 0 saturated carbocycles. The normalized spacial score (nSPS) is 32.0. The van der Waals surface area contributed by atoms with Crippen LogP contribution in [0.15, 0.2) is 24.3 Å². The largest absolute Gasteiger partial charge is 0.493 e. The fourth-order valence-electron chi connectivity index (χ4n) is 2.91. The standard InChI is InChI=1S/C14H19NO3/c16-12-8-15(9-13(12)17)7-10-5-6-18-14-4-2-1-3-11(10)14/h1-4,10,12-13,16-17H,5-9H2/t10?,12-,13+. The van der Waals surface area contributed by atoms with Gasteiger partial charge in [-0.2, -0.15) is 0 Å². The van der Waals surface area contributed by atoms with Crippen molar-refractivity contribution in [2.75, 3.05) is 26.2 Å². The first-order valence-electron chi connectivity index (χ1n) is 6.54. The van der Waals surface area contributed by atoms with Gasteiger partial charge in [0, 0.05) is 25.6 Å². The van der Waals surface area contributed by atoms with Gasteiger partial charge in [-0.1, -0.05) is 18.2 Å². The number of fused-ring (bicyclic) bond motifs is 1. The van der Waals surface area contributed by atoms with Gasteiger partial charge in [-0.3, -0.25) is 4.90 Å². The molecule has 1 aromatic rings. The van der Waals surface area contributed by atoms with E-state index in [2.05, 4.69) is 11.0 Å². The van der Waals surface area contributed by atoms with Crippen molar-refractivity contribution < 1.29 is 14.9 Å². The maximum atomic E-state index is 9.58. The minimum absolute atomic E-state index is 0.437. The Hall–Kier alpha value is -1.10. The first-order chi connectivity index (χ1) is 8.74. The lowest BCUT2D eigenvalue weighted by atomic mass is 9.93. The van der Waals surface area contributed by atoms with Crippen molar-refractivity contribution in [3.8, 4) is 5.75 Å². The molecule has 1 unspecified atom stereocenters. The molecule has 18 heavy (non-hydrogen) atoms. The van der Waals surface area contributed by atoms with Crippen LogP contribution in [-0.4, -0.2) is 53.6 Å². The van der Waals surface area contributed by atoms with Crippen LogP contribution in [0.2, 0.25) is 0 Å². The number of likely N-dealkylation sites (tertiary alicyclic amines) is 1. The highest BCUT2D eigenvalue weighted by Crippen LogP contribution is 2.34. The van der Waals surface area contributed by atoms with Gasteiger partial charge in [0.1, 0.15) is 5.75 Å². The predicted octanol–water partition coefficient (Wildman–Crippen LogP) is 0.590. The summed E-state index contributed by atoms with van der Waals surface area (Å²) in [6, 6.07) is 8.15. The molecule has 0 amide bonds. The van der Waals surface area contributed by atoms with Crippen molar-refractivity contribution >= 4 is 0 Å². The Labute approximate surface area is 107 Å². The van der Waals surface area contributed by atoms with Crippen LogP contribution in [0.25, 0.3) is 0 Å². The molecule has 0 aromatic heterocycles. The minimum Gasteiger partial charge on any atom is -0.493 e. The van der Waals surface area contributed by atoms with Gasteiger partial charge in [-0.15, -0.1) is 0 Å². The summed E-state index contributed by atoms with van der Waals surface area (Å²) >= 11 is 0. The summed E-state index contributed by atoms with van der Waals surface area (Å²) in [6.07, 6.45) is -0.195. The minimum atomic E-state index is -0.597. The maximum Gasteiger partial charge on any atom is 0.122 e. The van der Waals surface area contributed by atoms with Gasteiger partial charge in [0.15, 0.2) is 0 Å². The van der Waals surface area contributed by atoms with Gasteiger partial charge in [0.25, 0.3) is 0 Å². The summed E-state index contributed by atoms with van der Waals surface area (Å²) < 4.78 is 5.64. The van der Waals surface area contributed by atoms with E-state index >= 15 is 0 Å². The highest BCUT2D eigenvalue weighted by Gasteiger charge is 2.32. The Kier molecular flexibility index (Phi) is 3.24. The van der Waals surface area contributed by atoms with E-state index in [1.54, 1.807) is 0 Å². The molecule has 98 valence electrons. The number of rotatable bonds is 2. The predicted molar refractivity (Wildman–Crippen MR) is 67.7 cm³/mol. The van der Waals surface area contributed by atoms with Crippen LogP contribution >= 0.6 is 0 Å². The molecular formula is C14H19NO3.